The van der Waals surface area contributed by atoms with Crippen LogP contribution in [-0.2, 0) is 0 Å². The van der Waals surface area contributed by atoms with E-state index in [1.165, 1.54) is 0 Å². The Hall–Kier alpha value is -1.05. The van der Waals surface area contributed by atoms with Crippen molar-refractivity contribution in [3.8, 4) is 0 Å². The maximum Gasteiger partial charge on any atom is 0.150 e. The van der Waals surface area contributed by atoms with E-state index >= 15 is 0 Å². The van der Waals surface area contributed by atoms with Crippen LogP contribution in [0.15, 0.2) is 41.5 Å². The molecule has 1 nitrogen and oxygen atoms in total. The molecule has 0 bridgehead atoms. The summed E-state index contributed by atoms with van der Waals surface area (Å²) >= 11 is 12.0. The van der Waals surface area contributed by atoms with Gasteiger partial charge in [-0.3, -0.25) is 4.79 Å². The minimum absolute atomic E-state index is 0.107. The molecule has 1 unspecified atom stereocenters. The fourth-order valence-corrected chi connectivity index (χ4v) is 1.78. The monoisotopic (exact) mass is 268 g/mol. The molecule has 1 aromatic carbocycles. The van der Waals surface area contributed by atoms with Crippen LogP contribution in [0.25, 0.3) is 0 Å². The van der Waals surface area contributed by atoms with Crippen molar-refractivity contribution in [2.75, 3.05) is 0 Å². The summed E-state index contributed by atoms with van der Waals surface area (Å²) in [6.45, 7) is 3.88. The van der Waals surface area contributed by atoms with Crippen molar-refractivity contribution in [2.45, 2.75) is 19.8 Å². The van der Waals surface area contributed by atoms with E-state index in [1.807, 2.05) is 32.1 Å². The predicted octanol–water partition coefficient (Wildman–Crippen LogP) is 4.95. The molecule has 90 valence electrons. The highest BCUT2D eigenvalue weighted by molar-refractivity contribution is 6.31. The molecule has 0 aliphatic heterocycles. The van der Waals surface area contributed by atoms with E-state index in [2.05, 4.69) is 0 Å². The minimum atomic E-state index is 0.107. The van der Waals surface area contributed by atoms with Crippen LogP contribution >= 0.6 is 23.2 Å². The molecule has 0 heterocycles. The Morgan fingerprint density at radius 1 is 1.41 bits per heavy atom. The highest BCUT2D eigenvalue weighted by Gasteiger charge is 2.07. The second kappa shape index (κ2) is 6.63. The first-order chi connectivity index (χ1) is 8.08. The van der Waals surface area contributed by atoms with Crippen LogP contribution in [0, 0.1) is 0 Å². The van der Waals surface area contributed by atoms with Crippen molar-refractivity contribution in [2.24, 2.45) is 0 Å². The van der Waals surface area contributed by atoms with Gasteiger partial charge in [-0.25, -0.2) is 0 Å². The first kappa shape index (κ1) is 14.0. The normalized spacial score (nSPS) is 14.0. The van der Waals surface area contributed by atoms with Gasteiger partial charge in [-0.05, 0) is 30.7 Å². The highest BCUT2D eigenvalue weighted by Crippen LogP contribution is 2.26. The summed E-state index contributed by atoms with van der Waals surface area (Å²) in [5.41, 5.74) is 1.55. The number of rotatable bonds is 4. The average molecular weight is 269 g/mol. The lowest BCUT2D eigenvalue weighted by molar-refractivity contribution is 0.112. The molecule has 0 saturated heterocycles. The second-order valence-corrected chi connectivity index (χ2v) is 4.56. The number of carbonyl (C=O) groups is 1. The van der Waals surface area contributed by atoms with Gasteiger partial charge in [0.15, 0.2) is 0 Å². The van der Waals surface area contributed by atoms with Crippen LogP contribution in [0.1, 0.15) is 35.7 Å². The van der Waals surface area contributed by atoms with Gasteiger partial charge in [-0.1, -0.05) is 48.3 Å². The molecule has 1 aromatic rings. The fourth-order valence-electron chi connectivity index (χ4n) is 1.42. The summed E-state index contributed by atoms with van der Waals surface area (Å²) in [5.74, 6) is 0.107. The molecule has 0 aliphatic carbocycles. The third kappa shape index (κ3) is 4.03. The fraction of sp³-hybridized carbons (Fsp3) is 0.214. The Kier molecular flexibility index (Phi) is 5.46. The van der Waals surface area contributed by atoms with Crippen molar-refractivity contribution in [3.05, 3.63) is 57.6 Å². The lowest BCUT2D eigenvalue weighted by Gasteiger charge is -2.09. The molecule has 1 atom stereocenters. The number of halogens is 2. The third-order valence-electron chi connectivity index (χ3n) is 2.47. The van der Waals surface area contributed by atoms with Crippen LogP contribution in [0.4, 0.5) is 0 Å². The first-order valence-electron chi connectivity index (χ1n) is 5.33. The van der Waals surface area contributed by atoms with Gasteiger partial charge in [0.05, 0.1) is 0 Å². The standard InChI is InChI=1S/C14H14Cl2O/c1-3-12(15)6-4-10(2)13-8-11(9-17)5-7-14(13)16/h3-10H,1-2H3/b6-4-,12-3+. The summed E-state index contributed by atoms with van der Waals surface area (Å²) in [7, 11) is 0. The molecule has 0 fully saturated rings. The molecule has 0 saturated carbocycles. The molecule has 3 heteroatoms. The van der Waals surface area contributed by atoms with Crippen LogP contribution in [0.5, 0.6) is 0 Å². The van der Waals surface area contributed by atoms with Crippen molar-refractivity contribution < 1.29 is 4.79 Å². The van der Waals surface area contributed by atoms with E-state index in [0.29, 0.717) is 15.6 Å². The van der Waals surface area contributed by atoms with E-state index < -0.39 is 0 Å². The van der Waals surface area contributed by atoms with Gasteiger partial charge in [-0.2, -0.15) is 0 Å². The van der Waals surface area contributed by atoms with E-state index in [-0.39, 0.29) is 5.92 Å². The maximum absolute atomic E-state index is 10.7. The van der Waals surface area contributed by atoms with Crippen molar-refractivity contribution in [3.63, 3.8) is 0 Å². The number of benzene rings is 1. The van der Waals surface area contributed by atoms with Gasteiger partial charge in [0.25, 0.3) is 0 Å². The quantitative estimate of drug-likeness (QED) is 0.558. The lowest BCUT2D eigenvalue weighted by atomic mass is 9.98. The Morgan fingerprint density at radius 2 is 2.12 bits per heavy atom. The van der Waals surface area contributed by atoms with Crippen LogP contribution in [0.2, 0.25) is 5.02 Å². The highest BCUT2D eigenvalue weighted by atomic mass is 35.5. The summed E-state index contributed by atoms with van der Waals surface area (Å²) in [6, 6.07) is 5.24. The van der Waals surface area contributed by atoms with Gasteiger partial charge in [0, 0.05) is 21.5 Å². The number of hydrogen-bond donors (Lipinski definition) is 0. The predicted molar refractivity (Wildman–Crippen MR) is 74.0 cm³/mol. The van der Waals surface area contributed by atoms with E-state index in [1.54, 1.807) is 18.2 Å². The molecular formula is C14H14Cl2O. The second-order valence-electron chi connectivity index (χ2n) is 3.72. The van der Waals surface area contributed by atoms with Gasteiger partial charge in [0.1, 0.15) is 6.29 Å². The maximum atomic E-state index is 10.7. The third-order valence-corrected chi connectivity index (χ3v) is 3.16. The lowest BCUT2D eigenvalue weighted by Crippen LogP contribution is -1.93. The molecule has 0 radical (unpaired) electrons. The van der Waals surface area contributed by atoms with Gasteiger partial charge in [-0.15, -0.1) is 0 Å². The van der Waals surface area contributed by atoms with Gasteiger partial charge in [0.2, 0.25) is 0 Å². The van der Waals surface area contributed by atoms with Crippen LogP contribution in [0.3, 0.4) is 0 Å². The first-order valence-corrected chi connectivity index (χ1v) is 6.08. The molecule has 0 aliphatic rings. The average Bonchev–Trinajstić information content (AvgIpc) is 2.36. The topological polar surface area (TPSA) is 17.1 Å². The number of carbonyl (C=O) groups excluding carboxylic acids is 1. The van der Waals surface area contributed by atoms with Gasteiger partial charge < -0.3 is 0 Å². The van der Waals surface area contributed by atoms with Crippen molar-refractivity contribution in [1.29, 1.82) is 0 Å². The minimum Gasteiger partial charge on any atom is -0.298 e. The largest absolute Gasteiger partial charge is 0.298 e. The van der Waals surface area contributed by atoms with E-state index in [9.17, 15) is 4.79 Å². The molecular weight excluding hydrogens is 255 g/mol. The zero-order chi connectivity index (χ0) is 12.8. The summed E-state index contributed by atoms with van der Waals surface area (Å²) in [4.78, 5) is 10.7. The molecule has 0 amide bonds. The molecule has 1 rings (SSSR count). The van der Waals surface area contributed by atoms with Crippen molar-refractivity contribution >= 4 is 29.5 Å². The summed E-state index contributed by atoms with van der Waals surface area (Å²) < 4.78 is 0. The zero-order valence-corrected chi connectivity index (χ0v) is 11.3. The Morgan fingerprint density at radius 3 is 2.71 bits per heavy atom. The van der Waals surface area contributed by atoms with E-state index in [4.69, 9.17) is 23.2 Å². The Balaban J connectivity index is 2.99. The molecule has 0 N–H and O–H groups in total. The Labute approximate surface area is 112 Å². The molecule has 17 heavy (non-hydrogen) atoms. The number of hydrogen-bond acceptors (Lipinski definition) is 1. The van der Waals surface area contributed by atoms with Gasteiger partial charge >= 0.3 is 0 Å². The molecule has 0 aromatic heterocycles. The Bertz CT molecular complexity index is 461. The van der Waals surface area contributed by atoms with Crippen LogP contribution < -0.4 is 0 Å². The smallest absolute Gasteiger partial charge is 0.150 e. The SMILES string of the molecule is C/C=C(Cl)\C=C/C(C)c1cc(C=O)ccc1Cl. The number of allylic oxidation sites excluding steroid dienone is 4. The summed E-state index contributed by atoms with van der Waals surface area (Å²) in [5, 5.41) is 1.34. The molecule has 0 spiro atoms. The zero-order valence-electron chi connectivity index (χ0n) is 9.78. The summed E-state index contributed by atoms with van der Waals surface area (Å²) in [6.07, 6.45) is 6.41. The van der Waals surface area contributed by atoms with Crippen molar-refractivity contribution in [1.82, 2.24) is 0 Å². The van der Waals surface area contributed by atoms with Crippen LogP contribution in [-0.4, -0.2) is 6.29 Å². The number of aldehydes is 1. The van der Waals surface area contributed by atoms with E-state index in [0.717, 1.165) is 11.8 Å².